The lowest BCUT2D eigenvalue weighted by Crippen LogP contribution is -2.32. The number of sulfone groups is 1. The maximum absolute atomic E-state index is 12.5. The van der Waals surface area contributed by atoms with Gasteiger partial charge in [0.15, 0.2) is 9.84 Å². The molecule has 0 aliphatic carbocycles. The van der Waals surface area contributed by atoms with Crippen molar-refractivity contribution in [3.63, 3.8) is 0 Å². The average molecular weight is 383 g/mol. The second kappa shape index (κ2) is 5.38. The van der Waals surface area contributed by atoms with Crippen LogP contribution < -0.4 is 5.73 Å². The molecule has 6 nitrogen and oxygen atoms in total. The van der Waals surface area contributed by atoms with Crippen LogP contribution in [0, 0.1) is 0 Å². The quantitative estimate of drug-likeness (QED) is 0.823. The summed E-state index contributed by atoms with van der Waals surface area (Å²) >= 11 is 3.14. The molecular formula is C11H15BrN2O4S2. The Bertz CT molecular complexity index is 731. The van der Waals surface area contributed by atoms with Gasteiger partial charge in [-0.3, -0.25) is 0 Å². The van der Waals surface area contributed by atoms with Crippen molar-refractivity contribution in [1.29, 1.82) is 0 Å². The van der Waals surface area contributed by atoms with E-state index in [9.17, 15) is 16.8 Å². The number of hydrogen-bond donors (Lipinski definition) is 1. The highest BCUT2D eigenvalue weighted by atomic mass is 79.9. The maximum atomic E-state index is 12.5. The third-order valence-electron chi connectivity index (χ3n) is 3.14. The minimum atomic E-state index is -3.65. The molecule has 1 heterocycles. The van der Waals surface area contributed by atoms with Crippen LogP contribution in [-0.2, 0) is 19.9 Å². The van der Waals surface area contributed by atoms with Crippen molar-refractivity contribution in [3.05, 3.63) is 22.7 Å². The van der Waals surface area contributed by atoms with Crippen molar-refractivity contribution in [3.8, 4) is 0 Å². The molecule has 0 unspecified atom stereocenters. The Morgan fingerprint density at radius 1 is 1.30 bits per heavy atom. The first-order valence-electron chi connectivity index (χ1n) is 5.88. The predicted molar refractivity (Wildman–Crippen MR) is 78.6 cm³/mol. The molecule has 1 aliphatic rings. The zero-order chi connectivity index (χ0) is 15.1. The summed E-state index contributed by atoms with van der Waals surface area (Å²) in [5.41, 5.74) is 5.72. The molecule has 0 aromatic heterocycles. The van der Waals surface area contributed by atoms with Crippen molar-refractivity contribution in [2.45, 2.75) is 22.3 Å². The summed E-state index contributed by atoms with van der Waals surface area (Å²) in [5.74, 6) is 0. The van der Waals surface area contributed by atoms with Gasteiger partial charge in [0.2, 0.25) is 10.0 Å². The van der Waals surface area contributed by atoms with Crippen LogP contribution in [-0.4, -0.2) is 46.5 Å². The van der Waals surface area contributed by atoms with Crippen LogP contribution in [0.25, 0.3) is 0 Å². The van der Waals surface area contributed by atoms with E-state index in [0.717, 1.165) is 6.26 Å². The zero-order valence-corrected chi connectivity index (χ0v) is 14.0. The van der Waals surface area contributed by atoms with Crippen LogP contribution in [0.4, 0.5) is 0 Å². The molecule has 1 aromatic carbocycles. The topological polar surface area (TPSA) is 97.5 Å². The lowest BCUT2D eigenvalue weighted by atomic mass is 10.3. The molecule has 0 bridgehead atoms. The average Bonchev–Trinajstić information content (AvgIpc) is 2.75. The van der Waals surface area contributed by atoms with E-state index >= 15 is 0 Å². The van der Waals surface area contributed by atoms with Gasteiger partial charge in [0.1, 0.15) is 0 Å². The normalized spacial score (nSPS) is 21.2. The van der Waals surface area contributed by atoms with E-state index in [2.05, 4.69) is 15.9 Å². The molecule has 0 amide bonds. The van der Waals surface area contributed by atoms with Crippen LogP contribution in [0.15, 0.2) is 32.5 Å². The van der Waals surface area contributed by atoms with E-state index in [1.165, 1.54) is 22.5 Å². The molecule has 0 spiro atoms. The van der Waals surface area contributed by atoms with Gasteiger partial charge in [-0.15, -0.1) is 0 Å². The van der Waals surface area contributed by atoms with E-state index < -0.39 is 19.9 Å². The summed E-state index contributed by atoms with van der Waals surface area (Å²) in [6, 6.07) is 3.75. The number of sulfonamides is 1. The van der Waals surface area contributed by atoms with Crippen molar-refractivity contribution < 1.29 is 16.8 Å². The molecule has 112 valence electrons. The minimum Gasteiger partial charge on any atom is -0.326 e. The van der Waals surface area contributed by atoms with E-state index in [4.69, 9.17) is 5.73 Å². The molecule has 2 rings (SSSR count). The van der Waals surface area contributed by atoms with Crippen LogP contribution >= 0.6 is 15.9 Å². The molecule has 0 radical (unpaired) electrons. The molecule has 20 heavy (non-hydrogen) atoms. The Morgan fingerprint density at radius 3 is 2.40 bits per heavy atom. The maximum Gasteiger partial charge on any atom is 0.244 e. The van der Waals surface area contributed by atoms with Crippen molar-refractivity contribution in [2.75, 3.05) is 19.3 Å². The predicted octanol–water partition coefficient (Wildman–Crippen LogP) is 0.574. The Labute approximate surface area is 127 Å². The lowest BCUT2D eigenvalue weighted by Gasteiger charge is -2.17. The highest BCUT2D eigenvalue weighted by Gasteiger charge is 2.32. The van der Waals surface area contributed by atoms with Gasteiger partial charge in [-0.25, -0.2) is 16.8 Å². The molecule has 1 aliphatic heterocycles. The Hall–Kier alpha value is -0.480. The van der Waals surface area contributed by atoms with Gasteiger partial charge in [-0.05, 0) is 40.5 Å². The highest BCUT2D eigenvalue weighted by Crippen LogP contribution is 2.29. The van der Waals surface area contributed by atoms with Gasteiger partial charge >= 0.3 is 0 Å². The lowest BCUT2D eigenvalue weighted by molar-refractivity contribution is 0.472. The zero-order valence-electron chi connectivity index (χ0n) is 10.8. The van der Waals surface area contributed by atoms with Gasteiger partial charge in [-0.2, -0.15) is 4.31 Å². The van der Waals surface area contributed by atoms with Gasteiger partial charge in [0.25, 0.3) is 0 Å². The van der Waals surface area contributed by atoms with E-state index in [1.807, 2.05) is 0 Å². The summed E-state index contributed by atoms with van der Waals surface area (Å²) in [6.07, 6.45) is 1.70. The monoisotopic (exact) mass is 382 g/mol. The molecule has 9 heteroatoms. The molecule has 0 saturated carbocycles. The molecule has 1 fully saturated rings. The Morgan fingerprint density at radius 2 is 1.95 bits per heavy atom. The molecule has 1 saturated heterocycles. The standard InChI is InChI=1S/C11H15BrN2O4S2/c1-19(15,16)9-2-3-11(10(12)6-9)20(17,18)14-5-4-8(13)7-14/h2-3,6,8H,4-5,7,13H2,1H3/t8-/m0/s1. The third-order valence-corrected chi connectivity index (χ3v) is 7.09. The van der Waals surface area contributed by atoms with E-state index in [-0.39, 0.29) is 26.9 Å². The number of nitrogens with two attached hydrogens (primary N) is 1. The van der Waals surface area contributed by atoms with Crippen LogP contribution in [0.5, 0.6) is 0 Å². The minimum absolute atomic E-state index is 0.0546. The van der Waals surface area contributed by atoms with Crippen LogP contribution in [0.2, 0.25) is 0 Å². The number of benzene rings is 1. The van der Waals surface area contributed by atoms with E-state index in [1.54, 1.807) is 0 Å². The fraction of sp³-hybridized carbons (Fsp3) is 0.455. The van der Waals surface area contributed by atoms with Gasteiger partial charge in [0, 0.05) is 29.9 Å². The van der Waals surface area contributed by atoms with Crippen LogP contribution in [0.3, 0.4) is 0 Å². The van der Waals surface area contributed by atoms with E-state index in [0.29, 0.717) is 13.0 Å². The third kappa shape index (κ3) is 3.06. The second-order valence-corrected chi connectivity index (χ2v) is 9.55. The number of halogens is 1. The SMILES string of the molecule is CS(=O)(=O)c1ccc(S(=O)(=O)N2CC[C@H](N)C2)c(Br)c1. The summed E-state index contributed by atoms with van der Waals surface area (Å²) in [7, 11) is -7.03. The van der Waals surface area contributed by atoms with Crippen molar-refractivity contribution in [2.24, 2.45) is 5.73 Å². The van der Waals surface area contributed by atoms with Crippen LogP contribution in [0.1, 0.15) is 6.42 Å². The first-order valence-corrected chi connectivity index (χ1v) is 10.00. The molecular weight excluding hydrogens is 368 g/mol. The Kier molecular flexibility index (Phi) is 4.27. The number of hydrogen-bond acceptors (Lipinski definition) is 5. The summed E-state index contributed by atoms with van der Waals surface area (Å²) in [4.78, 5) is 0.125. The van der Waals surface area contributed by atoms with Gasteiger partial charge < -0.3 is 5.73 Å². The number of nitrogens with zero attached hydrogens (tertiary/aromatic N) is 1. The number of rotatable bonds is 3. The fourth-order valence-electron chi connectivity index (χ4n) is 2.03. The van der Waals surface area contributed by atoms with Crippen molar-refractivity contribution >= 4 is 35.8 Å². The second-order valence-electron chi connectivity index (χ2n) is 4.78. The fourth-order valence-corrected chi connectivity index (χ4v) is 5.38. The Balaban J connectivity index is 2.43. The van der Waals surface area contributed by atoms with Crippen molar-refractivity contribution in [1.82, 2.24) is 4.31 Å². The molecule has 2 N–H and O–H groups in total. The first kappa shape index (κ1) is 15.9. The highest BCUT2D eigenvalue weighted by molar-refractivity contribution is 9.10. The first-order chi connectivity index (χ1) is 9.12. The molecule has 1 aromatic rings. The summed E-state index contributed by atoms with van der Waals surface area (Å²) < 4.78 is 49.4. The summed E-state index contributed by atoms with van der Waals surface area (Å²) in [5, 5.41) is 0. The largest absolute Gasteiger partial charge is 0.326 e. The molecule has 1 atom stereocenters. The van der Waals surface area contributed by atoms with Gasteiger partial charge in [-0.1, -0.05) is 0 Å². The smallest absolute Gasteiger partial charge is 0.244 e. The van der Waals surface area contributed by atoms with Gasteiger partial charge in [0.05, 0.1) is 9.79 Å². The summed E-state index contributed by atoms with van der Waals surface area (Å²) in [6.45, 7) is 0.659.